The van der Waals surface area contributed by atoms with Crippen LogP contribution < -0.4 is 5.73 Å². The van der Waals surface area contributed by atoms with E-state index in [4.69, 9.17) is 33.7 Å². The Balaban J connectivity index is 2.11. The number of carbonyl (C=O) groups excluding carboxylic acids is 1. The predicted octanol–water partition coefficient (Wildman–Crippen LogP) is 4.24. The molecular formula is C15H13Cl2NO2. The van der Waals surface area contributed by atoms with Gasteiger partial charge >= 0.3 is 5.97 Å². The Labute approximate surface area is 127 Å². The Kier molecular flexibility index (Phi) is 4.53. The number of benzene rings is 2. The second-order valence-electron chi connectivity index (χ2n) is 4.43. The zero-order valence-corrected chi connectivity index (χ0v) is 12.3. The van der Waals surface area contributed by atoms with E-state index in [1.807, 2.05) is 31.2 Å². The number of ether oxygens (including phenoxy) is 1. The van der Waals surface area contributed by atoms with Crippen LogP contribution in [0.15, 0.2) is 36.4 Å². The third-order valence-electron chi connectivity index (χ3n) is 2.76. The maximum absolute atomic E-state index is 12.0. The van der Waals surface area contributed by atoms with E-state index in [-0.39, 0.29) is 22.2 Å². The van der Waals surface area contributed by atoms with Gasteiger partial charge in [-0.15, -0.1) is 0 Å². The SMILES string of the molecule is Cc1ccc(COC(=O)c2cc(N)cc(Cl)c2Cl)cc1. The minimum atomic E-state index is -0.551. The van der Waals surface area contributed by atoms with Gasteiger partial charge in [-0.25, -0.2) is 4.79 Å². The van der Waals surface area contributed by atoms with Crippen molar-refractivity contribution in [3.05, 3.63) is 63.1 Å². The lowest BCUT2D eigenvalue weighted by atomic mass is 10.1. The highest BCUT2D eigenvalue weighted by molar-refractivity contribution is 6.44. The Hall–Kier alpha value is -1.71. The fraction of sp³-hybridized carbons (Fsp3) is 0.133. The number of nitrogens with two attached hydrogens (primary N) is 1. The van der Waals surface area contributed by atoms with Crippen molar-refractivity contribution in [2.75, 3.05) is 5.73 Å². The molecule has 0 saturated carbocycles. The van der Waals surface area contributed by atoms with E-state index in [0.29, 0.717) is 5.69 Å². The van der Waals surface area contributed by atoms with Crippen LogP contribution in [0.1, 0.15) is 21.5 Å². The van der Waals surface area contributed by atoms with Gasteiger partial charge < -0.3 is 10.5 Å². The molecule has 20 heavy (non-hydrogen) atoms. The minimum absolute atomic E-state index is 0.148. The number of rotatable bonds is 3. The summed E-state index contributed by atoms with van der Waals surface area (Å²) in [7, 11) is 0. The maximum Gasteiger partial charge on any atom is 0.340 e. The number of anilines is 1. The quantitative estimate of drug-likeness (QED) is 0.681. The summed E-state index contributed by atoms with van der Waals surface area (Å²) >= 11 is 11.9. The summed E-state index contributed by atoms with van der Waals surface area (Å²) in [6.45, 7) is 2.16. The standard InChI is InChI=1S/C15H13Cl2NO2/c1-9-2-4-10(5-3-9)8-20-15(19)12-6-11(18)7-13(16)14(12)17/h2-7H,8,18H2,1H3. The highest BCUT2D eigenvalue weighted by Crippen LogP contribution is 2.29. The second kappa shape index (κ2) is 6.16. The van der Waals surface area contributed by atoms with E-state index in [9.17, 15) is 4.79 Å². The van der Waals surface area contributed by atoms with Crippen LogP contribution in [0.5, 0.6) is 0 Å². The predicted molar refractivity (Wildman–Crippen MR) is 81.2 cm³/mol. The fourth-order valence-electron chi connectivity index (χ4n) is 1.67. The van der Waals surface area contributed by atoms with Crippen LogP contribution in [-0.2, 0) is 11.3 Å². The van der Waals surface area contributed by atoms with Crippen LogP contribution in [0.2, 0.25) is 10.0 Å². The van der Waals surface area contributed by atoms with Crippen LogP contribution in [0.25, 0.3) is 0 Å². The van der Waals surface area contributed by atoms with Crippen molar-refractivity contribution in [3.8, 4) is 0 Å². The molecular weight excluding hydrogens is 297 g/mol. The highest BCUT2D eigenvalue weighted by Gasteiger charge is 2.15. The number of hydrogen-bond donors (Lipinski definition) is 1. The van der Waals surface area contributed by atoms with Crippen molar-refractivity contribution in [2.24, 2.45) is 0 Å². The van der Waals surface area contributed by atoms with Crippen LogP contribution in [0, 0.1) is 6.92 Å². The zero-order valence-electron chi connectivity index (χ0n) is 10.8. The lowest BCUT2D eigenvalue weighted by Crippen LogP contribution is -2.07. The molecule has 0 aliphatic carbocycles. The second-order valence-corrected chi connectivity index (χ2v) is 5.21. The van der Waals surface area contributed by atoms with Crippen molar-refractivity contribution >= 4 is 34.9 Å². The first-order valence-electron chi connectivity index (χ1n) is 5.94. The van der Waals surface area contributed by atoms with Gasteiger partial charge in [-0.3, -0.25) is 0 Å². The normalized spacial score (nSPS) is 10.3. The molecule has 2 rings (SSSR count). The smallest absolute Gasteiger partial charge is 0.340 e. The molecule has 2 aromatic rings. The lowest BCUT2D eigenvalue weighted by Gasteiger charge is -2.08. The molecule has 0 atom stereocenters. The largest absolute Gasteiger partial charge is 0.457 e. The summed E-state index contributed by atoms with van der Waals surface area (Å²) in [6, 6.07) is 10.6. The van der Waals surface area contributed by atoms with Crippen LogP contribution in [0.4, 0.5) is 5.69 Å². The van der Waals surface area contributed by atoms with Gasteiger partial charge in [0.05, 0.1) is 15.6 Å². The first kappa shape index (κ1) is 14.7. The van der Waals surface area contributed by atoms with E-state index in [1.54, 1.807) is 0 Å². The van der Waals surface area contributed by atoms with Gasteiger partial charge in [-0.1, -0.05) is 53.0 Å². The molecule has 0 amide bonds. The van der Waals surface area contributed by atoms with Gasteiger partial charge in [-0.05, 0) is 24.6 Å². The van der Waals surface area contributed by atoms with Crippen LogP contribution in [0.3, 0.4) is 0 Å². The first-order valence-corrected chi connectivity index (χ1v) is 6.70. The average Bonchev–Trinajstić information content (AvgIpc) is 2.42. The van der Waals surface area contributed by atoms with E-state index in [1.165, 1.54) is 12.1 Å². The van der Waals surface area contributed by atoms with E-state index in [2.05, 4.69) is 0 Å². The topological polar surface area (TPSA) is 52.3 Å². The van der Waals surface area contributed by atoms with Gasteiger partial charge in [0.15, 0.2) is 0 Å². The molecule has 0 aliphatic heterocycles. The third kappa shape index (κ3) is 3.44. The van der Waals surface area contributed by atoms with E-state index < -0.39 is 5.97 Å². The molecule has 104 valence electrons. The molecule has 0 spiro atoms. The van der Waals surface area contributed by atoms with Crippen molar-refractivity contribution in [2.45, 2.75) is 13.5 Å². The van der Waals surface area contributed by atoms with Crippen LogP contribution in [-0.4, -0.2) is 5.97 Å². The Bertz CT molecular complexity index is 639. The molecule has 2 N–H and O–H groups in total. The highest BCUT2D eigenvalue weighted by atomic mass is 35.5. The van der Waals surface area contributed by atoms with Gasteiger partial charge in [-0.2, -0.15) is 0 Å². The minimum Gasteiger partial charge on any atom is -0.457 e. The Morgan fingerprint density at radius 1 is 1.20 bits per heavy atom. The molecule has 0 unspecified atom stereocenters. The van der Waals surface area contributed by atoms with Gasteiger partial charge in [0, 0.05) is 5.69 Å². The van der Waals surface area contributed by atoms with Crippen molar-refractivity contribution < 1.29 is 9.53 Å². The Morgan fingerprint density at radius 3 is 2.50 bits per heavy atom. The lowest BCUT2D eigenvalue weighted by molar-refractivity contribution is 0.0473. The molecule has 0 radical (unpaired) electrons. The molecule has 0 heterocycles. The summed E-state index contributed by atoms with van der Waals surface area (Å²) in [6.07, 6.45) is 0. The summed E-state index contributed by atoms with van der Waals surface area (Å²) in [5.74, 6) is -0.551. The molecule has 0 aromatic heterocycles. The molecule has 3 nitrogen and oxygen atoms in total. The number of aryl methyl sites for hydroxylation is 1. The fourth-order valence-corrected chi connectivity index (χ4v) is 2.08. The summed E-state index contributed by atoms with van der Waals surface area (Å²) in [5, 5.41) is 0.378. The molecule has 0 aliphatic rings. The molecule has 2 aromatic carbocycles. The summed E-state index contributed by atoms with van der Waals surface area (Å²) in [5.41, 5.74) is 8.21. The molecule has 0 fully saturated rings. The van der Waals surface area contributed by atoms with Crippen molar-refractivity contribution in [1.82, 2.24) is 0 Å². The number of hydrogen-bond acceptors (Lipinski definition) is 3. The summed E-state index contributed by atoms with van der Waals surface area (Å²) in [4.78, 5) is 12.0. The van der Waals surface area contributed by atoms with Gasteiger partial charge in [0.2, 0.25) is 0 Å². The number of carbonyl (C=O) groups is 1. The first-order chi connectivity index (χ1) is 9.47. The number of nitrogen functional groups attached to an aromatic ring is 1. The molecule has 0 saturated heterocycles. The van der Waals surface area contributed by atoms with E-state index in [0.717, 1.165) is 11.1 Å². The van der Waals surface area contributed by atoms with Crippen LogP contribution >= 0.6 is 23.2 Å². The monoisotopic (exact) mass is 309 g/mol. The number of halogens is 2. The maximum atomic E-state index is 12.0. The zero-order chi connectivity index (χ0) is 14.7. The van der Waals surface area contributed by atoms with Crippen molar-refractivity contribution in [3.63, 3.8) is 0 Å². The third-order valence-corrected chi connectivity index (χ3v) is 3.56. The van der Waals surface area contributed by atoms with Crippen molar-refractivity contribution in [1.29, 1.82) is 0 Å². The van der Waals surface area contributed by atoms with Gasteiger partial charge in [0.25, 0.3) is 0 Å². The van der Waals surface area contributed by atoms with Gasteiger partial charge in [0.1, 0.15) is 6.61 Å². The number of esters is 1. The van der Waals surface area contributed by atoms with E-state index >= 15 is 0 Å². The average molecular weight is 310 g/mol. The summed E-state index contributed by atoms with van der Waals surface area (Å²) < 4.78 is 5.21. The molecule has 0 bridgehead atoms. The molecule has 5 heteroatoms. The Morgan fingerprint density at radius 2 is 1.85 bits per heavy atom.